The fourth-order valence-corrected chi connectivity index (χ4v) is 2.88. The van der Waals surface area contributed by atoms with E-state index in [0.29, 0.717) is 12.5 Å². The number of hydrogen-bond acceptors (Lipinski definition) is 3. The molecule has 8 heteroatoms. The van der Waals surface area contributed by atoms with Crippen molar-refractivity contribution in [3.8, 4) is 0 Å². The summed E-state index contributed by atoms with van der Waals surface area (Å²) in [7, 11) is 0. The second-order valence-corrected chi connectivity index (χ2v) is 6.28. The van der Waals surface area contributed by atoms with Gasteiger partial charge in [-0.1, -0.05) is 0 Å². The molecule has 1 aliphatic carbocycles. The molecule has 2 fully saturated rings. The molecule has 2 unspecified atom stereocenters. The summed E-state index contributed by atoms with van der Waals surface area (Å²) in [5, 5.41) is 2.77. The molecule has 1 saturated heterocycles. The number of rotatable bonds is 5. The second kappa shape index (κ2) is 7.44. The maximum Gasteiger partial charge on any atom is 0.227 e. The van der Waals surface area contributed by atoms with Crippen molar-refractivity contribution in [3.63, 3.8) is 0 Å². The summed E-state index contributed by atoms with van der Waals surface area (Å²) in [5.41, 5.74) is 6.07. The first-order chi connectivity index (χ1) is 10.9. The predicted octanol–water partition coefficient (Wildman–Crippen LogP) is 1.59. The minimum atomic E-state index is -0.754. The maximum absolute atomic E-state index is 13.3. The summed E-state index contributed by atoms with van der Waals surface area (Å²) in [6, 6.07) is 2.87. The van der Waals surface area contributed by atoms with Crippen molar-refractivity contribution in [1.82, 2.24) is 5.32 Å². The number of halogens is 3. The Morgan fingerprint density at radius 3 is 2.50 bits per heavy atom. The van der Waals surface area contributed by atoms with Gasteiger partial charge in [0, 0.05) is 37.3 Å². The van der Waals surface area contributed by atoms with Crippen molar-refractivity contribution in [3.05, 3.63) is 29.8 Å². The van der Waals surface area contributed by atoms with Gasteiger partial charge in [0.1, 0.15) is 11.6 Å². The fourth-order valence-electron chi connectivity index (χ4n) is 2.88. The van der Waals surface area contributed by atoms with Gasteiger partial charge in [-0.25, -0.2) is 8.78 Å². The van der Waals surface area contributed by atoms with Gasteiger partial charge >= 0.3 is 0 Å². The van der Waals surface area contributed by atoms with Crippen LogP contribution in [0, 0.1) is 23.5 Å². The summed E-state index contributed by atoms with van der Waals surface area (Å²) in [6.07, 6.45) is 2.22. The maximum atomic E-state index is 13.3. The van der Waals surface area contributed by atoms with Gasteiger partial charge in [0.05, 0.1) is 5.92 Å². The molecule has 2 amide bonds. The lowest BCUT2D eigenvalue weighted by Gasteiger charge is -2.17. The highest BCUT2D eigenvalue weighted by Crippen LogP contribution is 2.31. The zero-order valence-electron chi connectivity index (χ0n) is 13.0. The molecule has 5 nitrogen and oxygen atoms in total. The Bertz CT molecular complexity index is 619. The molecule has 132 valence electrons. The molecule has 2 aliphatic rings. The Labute approximate surface area is 145 Å². The third kappa shape index (κ3) is 4.21. The average Bonchev–Trinajstić information content (AvgIpc) is 3.26. The summed E-state index contributed by atoms with van der Waals surface area (Å²) in [6.45, 7) is 0.509. The molecule has 1 aliphatic heterocycles. The van der Waals surface area contributed by atoms with Crippen LogP contribution in [-0.2, 0) is 9.59 Å². The van der Waals surface area contributed by atoms with Gasteiger partial charge < -0.3 is 16.0 Å². The minimum absolute atomic E-state index is 0. The smallest absolute Gasteiger partial charge is 0.227 e. The number of carbonyl (C=O) groups excluding carboxylic acids is 2. The van der Waals surface area contributed by atoms with E-state index in [4.69, 9.17) is 5.73 Å². The van der Waals surface area contributed by atoms with Crippen molar-refractivity contribution >= 4 is 29.9 Å². The second-order valence-electron chi connectivity index (χ2n) is 6.28. The Kier molecular flexibility index (Phi) is 5.77. The highest BCUT2D eigenvalue weighted by Gasteiger charge is 2.36. The molecule has 0 aromatic heterocycles. The normalized spacial score (nSPS) is 21.4. The Balaban J connectivity index is 0.00000208. The van der Waals surface area contributed by atoms with Crippen LogP contribution in [-0.4, -0.2) is 30.9 Å². The first-order valence-corrected chi connectivity index (χ1v) is 7.74. The molecule has 0 radical (unpaired) electrons. The van der Waals surface area contributed by atoms with Crippen LogP contribution in [0.25, 0.3) is 0 Å². The number of nitrogens with one attached hydrogen (secondary N) is 1. The number of carbonyl (C=O) groups is 2. The van der Waals surface area contributed by atoms with Gasteiger partial charge in [-0.05, 0) is 30.9 Å². The van der Waals surface area contributed by atoms with E-state index in [1.165, 1.54) is 4.90 Å². The monoisotopic (exact) mass is 359 g/mol. The zero-order valence-corrected chi connectivity index (χ0v) is 13.8. The molecule has 1 aromatic carbocycles. The molecule has 1 heterocycles. The molecule has 24 heavy (non-hydrogen) atoms. The van der Waals surface area contributed by atoms with Crippen LogP contribution in [0.5, 0.6) is 0 Å². The van der Waals surface area contributed by atoms with Crippen molar-refractivity contribution < 1.29 is 18.4 Å². The SMILES string of the molecule is Cl.NC(CNC(=O)C1CC(=O)N(c2cc(F)cc(F)c2)C1)C1CC1. The first-order valence-electron chi connectivity index (χ1n) is 7.74. The topological polar surface area (TPSA) is 75.4 Å². The third-order valence-corrected chi connectivity index (χ3v) is 4.39. The van der Waals surface area contributed by atoms with Crippen LogP contribution in [0.2, 0.25) is 0 Å². The number of hydrogen-bond donors (Lipinski definition) is 2. The quantitative estimate of drug-likeness (QED) is 0.838. The number of benzene rings is 1. The van der Waals surface area contributed by atoms with Crippen LogP contribution < -0.4 is 16.0 Å². The van der Waals surface area contributed by atoms with E-state index >= 15 is 0 Å². The Morgan fingerprint density at radius 1 is 1.29 bits per heavy atom. The first kappa shape index (κ1) is 18.6. The number of nitrogens with two attached hydrogens (primary N) is 1. The molecule has 3 rings (SSSR count). The lowest BCUT2D eigenvalue weighted by atomic mass is 10.1. The molecule has 3 N–H and O–H groups in total. The predicted molar refractivity (Wildman–Crippen MR) is 87.8 cm³/mol. The van der Waals surface area contributed by atoms with Crippen molar-refractivity contribution in [1.29, 1.82) is 0 Å². The van der Waals surface area contributed by atoms with Crippen LogP contribution >= 0.6 is 12.4 Å². The van der Waals surface area contributed by atoms with Crippen LogP contribution in [0.4, 0.5) is 14.5 Å². The number of anilines is 1. The van der Waals surface area contributed by atoms with E-state index in [-0.39, 0.29) is 48.9 Å². The highest BCUT2D eigenvalue weighted by molar-refractivity contribution is 6.00. The van der Waals surface area contributed by atoms with E-state index < -0.39 is 17.6 Å². The average molecular weight is 360 g/mol. The molecular formula is C16H20ClF2N3O2. The lowest BCUT2D eigenvalue weighted by molar-refractivity contribution is -0.126. The molecule has 1 saturated carbocycles. The van der Waals surface area contributed by atoms with Crippen molar-refractivity contribution in [2.24, 2.45) is 17.6 Å². The van der Waals surface area contributed by atoms with Crippen molar-refractivity contribution in [2.75, 3.05) is 18.0 Å². The molecule has 2 atom stereocenters. The van der Waals surface area contributed by atoms with Crippen LogP contribution in [0.15, 0.2) is 18.2 Å². The molecule has 1 aromatic rings. The summed E-state index contributed by atoms with van der Waals surface area (Å²) >= 11 is 0. The van der Waals surface area contributed by atoms with Crippen LogP contribution in [0.3, 0.4) is 0 Å². The summed E-state index contributed by atoms with van der Waals surface area (Å²) in [5.74, 6) is -2.12. The van der Waals surface area contributed by atoms with E-state index in [1.54, 1.807) is 0 Å². The van der Waals surface area contributed by atoms with Gasteiger partial charge in [0.2, 0.25) is 11.8 Å². The largest absolute Gasteiger partial charge is 0.354 e. The molecule has 0 bridgehead atoms. The minimum Gasteiger partial charge on any atom is -0.354 e. The Morgan fingerprint density at radius 2 is 1.92 bits per heavy atom. The van der Waals surface area contributed by atoms with Gasteiger partial charge in [-0.2, -0.15) is 0 Å². The summed E-state index contributed by atoms with van der Waals surface area (Å²) in [4.78, 5) is 25.4. The van der Waals surface area contributed by atoms with Crippen LogP contribution in [0.1, 0.15) is 19.3 Å². The van der Waals surface area contributed by atoms with E-state index in [2.05, 4.69) is 5.32 Å². The van der Waals surface area contributed by atoms with Gasteiger partial charge in [0.15, 0.2) is 0 Å². The fraction of sp³-hybridized carbons (Fsp3) is 0.500. The standard InChI is InChI=1S/C16H19F2N3O2.ClH/c17-11-4-12(18)6-13(5-11)21-8-10(3-15(21)22)16(23)20-7-14(19)9-1-2-9;/h4-6,9-10,14H,1-3,7-8,19H2,(H,20,23);1H. The lowest BCUT2D eigenvalue weighted by Crippen LogP contribution is -2.41. The number of nitrogens with zero attached hydrogens (tertiary/aromatic N) is 1. The van der Waals surface area contributed by atoms with Gasteiger partial charge in [0.25, 0.3) is 0 Å². The highest BCUT2D eigenvalue weighted by atomic mass is 35.5. The van der Waals surface area contributed by atoms with Crippen molar-refractivity contribution in [2.45, 2.75) is 25.3 Å². The third-order valence-electron chi connectivity index (χ3n) is 4.39. The van der Waals surface area contributed by atoms with Gasteiger partial charge in [-0.15, -0.1) is 12.4 Å². The van der Waals surface area contributed by atoms with Gasteiger partial charge in [-0.3, -0.25) is 9.59 Å². The zero-order chi connectivity index (χ0) is 16.6. The van der Waals surface area contributed by atoms with E-state index in [1.807, 2.05) is 0 Å². The van der Waals surface area contributed by atoms with E-state index in [0.717, 1.165) is 31.0 Å². The van der Waals surface area contributed by atoms with E-state index in [9.17, 15) is 18.4 Å². The number of amides is 2. The molecular weight excluding hydrogens is 340 g/mol. The molecule has 0 spiro atoms. The summed E-state index contributed by atoms with van der Waals surface area (Å²) < 4.78 is 26.6. The Hall–Kier alpha value is -1.73.